The fourth-order valence-corrected chi connectivity index (χ4v) is 2.04. The zero-order valence-electron chi connectivity index (χ0n) is 11.4. The number of benzene rings is 2. The molecule has 2 aromatic rings. The molecule has 2 heteroatoms. The van der Waals surface area contributed by atoms with E-state index in [9.17, 15) is 0 Å². The molecule has 0 atom stereocenters. The van der Waals surface area contributed by atoms with Gasteiger partial charge in [-0.3, -0.25) is 0 Å². The highest BCUT2D eigenvalue weighted by atomic mass is 14.5. The maximum Gasteiger partial charge on any atom is 0.194 e. The van der Waals surface area contributed by atoms with Crippen molar-refractivity contribution in [3.8, 4) is 0 Å². The van der Waals surface area contributed by atoms with E-state index in [0.29, 0.717) is 0 Å². The van der Waals surface area contributed by atoms with Crippen LogP contribution in [0.4, 0.5) is 5.69 Å². The largest absolute Gasteiger partial charge is 0.399 e. The predicted molar refractivity (Wildman–Crippen MR) is 82.4 cm³/mol. The van der Waals surface area contributed by atoms with Crippen molar-refractivity contribution in [3.05, 3.63) is 54.1 Å². The van der Waals surface area contributed by atoms with E-state index in [4.69, 9.17) is 5.73 Å². The summed E-state index contributed by atoms with van der Waals surface area (Å²) in [6.45, 7) is 6.68. The summed E-state index contributed by atoms with van der Waals surface area (Å²) in [5.74, 6) is 0. The molecule has 1 nitrogen and oxygen atoms in total. The molecule has 0 aromatic heterocycles. The lowest BCUT2D eigenvalue weighted by Crippen LogP contribution is -2.30. The molecule has 0 fully saturated rings. The van der Waals surface area contributed by atoms with Gasteiger partial charge in [0.05, 0.1) is 0 Å². The van der Waals surface area contributed by atoms with E-state index >= 15 is 0 Å². The number of nitrogens with two attached hydrogens (primary N) is 1. The molecule has 2 N–H and O–H groups in total. The van der Waals surface area contributed by atoms with Gasteiger partial charge in [0.15, 0.2) is 7.28 Å². The van der Waals surface area contributed by atoms with Crippen LogP contribution in [0.2, 0.25) is 0 Å². The summed E-state index contributed by atoms with van der Waals surface area (Å²) in [6, 6.07) is 16.9. The van der Waals surface area contributed by atoms with Crippen LogP contribution in [0.15, 0.2) is 48.5 Å². The summed E-state index contributed by atoms with van der Waals surface area (Å²) in [6.07, 6.45) is 0. The van der Waals surface area contributed by atoms with Crippen molar-refractivity contribution in [3.63, 3.8) is 0 Å². The first-order valence-electron chi connectivity index (χ1n) is 6.39. The Morgan fingerprint density at radius 3 is 2.22 bits per heavy atom. The monoisotopic (exact) mass is 237 g/mol. The predicted octanol–water partition coefficient (Wildman–Crippen LogP) is 1.95. The third kappa shape index (κ3) is 2.95. The molecule has 0 saturated carbocycles. The van der Waals surface area contributed by atoms with Crippen molar-refractivity contribution in [1.82, 2.24) is 0 Å². The minimum atomic E-state index is 0.166. The Hall–Kier alpha value is -1.70. The number of nitrogen functional groups attached to an aromatic ring is 1. The molecule has 2 rings (SSSR count). The van der Waals surface area contributed by atoms with Crippen LogP contribution in [0, 0.1) is 0 Å². The van der Waals surface area contributed by atoms with Gasteiger partial charge in [-0.15, -0.1) is 0 Å². The lowest BCUT2D eigenvalue weighted by molar-refractivity contribution is 0.591. The molecule has 0 amide bonds. The highest BCUT2D eigenvalue weighted by Crippen LogP contribution is 2.21. The van der Waals surface area contributed by atoms with E-state index in [1.807, 2.05) is 12.1 Å². The fourth-order valence-electron chi connectivity index (χ4n) is 2.04. The van der Waals surface area contributed by atoms with E-state index in [1.54, 1.807) is 0 Å². The van der Waals surface area contributed by atoms with Crippen LogP contribution in [0.5, 0.6) is 0 Å². The molecule has 0 unspecified atom stereocenters. The molecular formula is C16H20BN. The van der Waals surface area contributed by atoms with E-state index in [1.165, 1.54) is 16.5 Å². The summed E-state index contributed by atoms with van der Waals surface area (Å²) in [5.41, 5.74) is 11.0. The van der Waals surface area contributed by atoms with Crippen LogP contribution in [0.25, 0.3) is 0 Å². The maximum atomic E-state index is 6.08. The normalized spacial score (nSPS) is 11.3. The van der Waals surface area contributed by atoms with Crippen LogP contribution in [0.3, 0.4) is 0 Å². The van der Waals surface area contributed by atoms with Gasteiger partial charge in [-0.05, 0) is 17.0 Å². The van der Waals surface area contributed by atoms with E-state index < -0.39 is 0 Å². The molecule has 92 valence electrons. The van der Waals surface area contributed by atoms with E-state index in [2.05, 4.69) is 57.2 Å². The maximum absolute atomic E-state index is 6.08. The van der Waals surface area contributed by atoms with Crippen molar-refractivity contribution in [1.29, 1.82) is 0 Å². The van der Waals surface area contributed by atoms with Crippen molar-refractivity contribution >= 4 is 23.9 Å². The highest BCUT2D eigenvalue weighted by molar-refractivity contribution is 6.68. The Kier molecular flexibility index (Phi) is 3.47. The Morgan fingerprint density at radius 2 is 1.61 bits per heavy atom. The smallest absolute Gasteiger partial charge is 0.194 e. The van der Waals surface area contributed by atoms with Crippen LogP contribution in [-0.2, 0) is 5.41 Å². The molecule has 18 heavy (non-hydrogen) atoms. The quantitative estimate of drug-likeness (QED) is 0.627. The van der Waals surface area contributed by atoms with Gasteiger partial charge < -0.3 is 5.73 Å². The number of hydrogen-bond donors (Lipinski definition) is 1. The molecule has 2 aromatic carbocycles. The Labute approximate surface area is 110 Å². The molecule has 0 aliphatic rings. The molecule has 0 bridgehead atoms. The minimum absolute atomic E-state index is 0.166. The SMILES string of the molecule is CC(C)(C)c1ccc(N)c(Bc2ccccc2)c1. The first kappa shape index (κ1) is 12.8. The summed E-state index contributed by atoms with van der Waals surface area (Å²) >= 11 is 0. The average molecular weight is 237 g/mol. The molecule has 0 heterocycles. The summed E-state index contributed by atoms with van der Waals surface area (Å²) in [4.78, 5) is 0. The van der Waals surface area contributed by atoms with Crippen LogP contribution < -0.4 is 16.7 Å². The summed E-state index contributed by atoms with van der Waals surface area (Å²) < 4.78 is 0. The number of hydrogen-bond acceptors (Lipinski definition) is 1. The van der Waals surface area contributed by atoms with Crippen molar-refractivity contribution in [2.75, 3.05) is 5.73 Å². The van der Waals surface area contributed by atoms with E-state index in [0.717, 1.165) is 13.0 Å². The Bertz CT molecular complexity index is 527. The van der Waals surface area contributed by atoms with Gasteiger partial charge in [0.2, 0.25) is 0 Å². The molecule has 0 saturated heterocycles. The molecule has 0 aliphatic heterocycles. The van der Waals surface area contributed by atoms with Gasteiger partial charge in [0, 0.05) is 5.69 Å². The van der Waals surface area contributed by atoms with Crippen molar-refractivity contribution in [2.24, 2.45) is 0 Å². The lowest BCUT2D eigenvalue weighted by atomic mass is 9.62. The van der Waals surface area contributed by atoms with Gasteiger partial charge in [-0.25, -0.2) is 0 Å². The zero-order chi connectivity index (χ0) is 13.2. The Balaban J connectivity index is 2.33. The lowest BCUT2D eigenvalue weighted by Gasteiger charge is -2.20. The van der Waals surface area contributed by atoms with Crippen molar-refractivity contribution in [2.45, 2.75) is 26.2 Å². The van der Waals surface area contributed by atoms with Gasteiger partial charge in [0.25, 0.3) is 0 Å². The molecule has 0 spiro atoms. The Morgan fingerprint density at radius 1 is 0.944 bits per heavy atom. The number of anilines is 1. The second-order valence-electron chi connectivity index (χ2n) is 5.83. The minimum Gasteiger partial charge on any atom is -0.399 e. The third-order valence-electron chi connectivity index (χ3n) is 3.25. The highest BCUT2D eigenvalue weighted by Gasteiger charge is 2.15. The van der Waals surface area contributed by atoms with Gasteiger partial charge in [0.1, 0.15) is 0 Å². The first-order valence-corrected chi connectivity index (χ1v) is 6.39. The van der Waals surface area contributed by atoms with Crippen LogP contribution >= 0.6 is 0 Å². The molecular weight excluding hydrogens is 217 g/mol. The van der Waals surface area contributed by atoms with Gasteiger partial charge >= 0.3 is 0 Å². The topological polar surface area (TPSA) is 26.0 Å². The summed E-state index contributed by atoms with van der Waals surface area (Å²) in [7, 11) is 0.899. The first-order chi connectivity index (χ1) is 8.47. The summed E-state index contributed by atoms with van der Waals surface area (Å²) in [5, 5.41) is 0. The third-order valence-corrected chi connectivity index (χ3v) is 3.25. The standard InChI is InChI=1S/C16H20BN/c1-16(2,3)12-9-10-15(18)14(11-12)17-13-7-5-4-6-8-13/h4-11,17H,18H2,1-3H3. The molecule has 0 radical (unpaired) electrons. The second kappa shape index (κ2) is 4.89. The van der Waals surface area contributed by atoms with Crippen molar-refractivity contribution < 1.29 is 0 Å². The van der Waals surface area contributed by atoms with Gasteiger partial charge in [-0.2, -0.15) is 0 Å². The van der Waals surface area contributed by atoms with Gasteiger partial charge in [-0.1, -0.05) is 74.2 Å². The average Bonchev–Trinajstić information content (AvgIpc) is 2.32. The second-order valence-corrected chi connectivity index (χ2v) is 5.83. The van der Waals surface area contributed by atoms with E-state index in [-0.39, 0.29) is 5.41 Å². The number of rotatable bonds is 2. The van der Waals surface area contributed by atoms with Crippen LogP contribution in [-0.4, -0.2) is 7.28 Å². The molecule has 0 aliphatic carbocycles. The zero-order valence-corrected chi connectivity index (χ0v) is 11.4. The fraction of sp³-hybridized carbons (Fsp3) is 0.250. The van der Waals surface area contributed by atoms with Crippen LogP contribution in [0.1, 0.15) is 26.3 Å².